The molecule has 1 atom stereocenters. The van der Waals surface area contributed by atoms with Gasteiger partial charge in [-0.05, 0) is 24.3 Å². The molecule has 102 valence electrons. The van der Waals surface area contributed by atoms with Crippen molar-refractivity contribution in [3.05, 3.63) is 48.4 Å². The third kappa shape index (κ3) is 4.31. The van der Waals surface area contributed by atoms with E-state index in [0.717, 1.165) is 5.76 Å². The number of aliphatic hydroxyl groups is 1. The lowest BCUT2D eigenvalue weighted by atomic mass is 10.3. The van der Waals surface area contributed by atoms with Crippen LogP contribution in [0.3, 0.4) is 0 Å². The Kier molecular flexibility index (Phi) is 4.83. The first-order valence-corrected chi connectivity index (χ1v) is 6.01. The van der Waals surface area contributed by atoms with Crippen molar-refractivity contribution >= 4 is 5.69 Å². The van der Waals surface area contributed by atoms with Crippen molar-refractivity contribution in [2.75, 3.05) is 18.9 Å². The second kappa shape index (κ2) is 6.82. The van der Waals surface area contributed by atoms with Crippen LogP contribution in [0.2, 0.25) is 0 Å². The summed E-state index contributed by atoms with van der Waals surface area (Å²) in [4.78, 5) is 0. The Morgan fingerprint density at radius 3 is 2.74 bits per heavy atom. The van der Waals surface area contributed by atoms with E-state index in [-0.39, 0.29) is 13.2 Å². The third-order valence-electron chi connectivity index (χ3n) is 2.48. The first-order chi connectivity index (χ1) is 9.25. The molecule has 0 spiro atoms. The van der Waals surface area contributed by atoms with Crippen LogP contribution in [0.25, 0.3) is 0 Å². The van der Waals surface area contributed by atoms with Crippen LogP contribution in [-0.2, 0) is 11.3 Å². The summed E-state index contributed by atoms with van der Waals surface area (Å²) >= 11 is 0. The van der Waals surface area contributed by atoms with Gasteiger partial charge in [0.05, 0.1) is 18.6 Å². The Labute approximate surface area is 111 Å². The van der Waals surface area contributed by atoms with Crippen LogP contribution in [0.4, 0.5) is 5.69 Å². The molecule has 5 heteroatoms. The maximum absolute atomic E-state index is 9.71. The van der Waals surface area contributed by atoms with Crippen LogP contribution < -0.4 is 10.5 Å². The average Bonchev–Trinajstić information content (AvgIpc) is 2.91. The fraction of sp³-hybridized carbons (Fsp3) is 0.286. The standard InChI is InChI=1S/C14H17NO4/c15-13-5-1-2-6-14(13)19-9-11(16)8-17-10-12-4-3-7-18-12/h1-7,11,16H,8-10,15H2. The number of para-hydroxylation sites is 2. The Morgan fingerprint density at radius 1 is 1.16 bits per heavy atom. The summed E-state index contributed by atoms with van der Waals surface area (Å²) < 4.78 is 15.8. The highest BCUT2D eigenvalue weighted by molar-refractivity contribution is 5.51. The Balaban J connectivity index is 1.67. The van der Waals surface area contributed by atoms with Gasteiger partial charge in [0.2, 0.25) is 0 Å². The van der Waals surface area contributed by atoms with Gasteiger partial charge in [-0.1, -0.05) is 12.1 Å². The highest BCUT2D eigenvalue weighted by atomic mass is 16.5. The van der Waals surface area contributed by atoms with Gasteiger partial charge in [-0.3, -0.25) is 0 Å². The normalized spacial score (nSPS) is 12.3. The van der Waals surface area contributed by atoms with Gasteiger partial charge in [0.25, 0.3) is 0 Å². The Morgan fingerprint density at radius 2 is 2.00 bits per heavy atom. The molecule has 2 rings (SSSR count). The topological polar surface area (TPSA) is 77.9 Å². The van der Waals surface area contributed by atoms with Crippen LogP contribution in [0.1, 0.15) is 5.76 Å². The molecule has 1 unspecified atom stereocenters. The van der Waals surface area contributed by atoms with Gasteiger partial charge in [-0.15, -0.1) is 0 Å². The van der Waals surface area contributed by atoms with Gasteiger partial charge in [-0.2, -0.15) is 0 Å². The monoisotopic (exact) mass is 263 g/mol. The lowest BCUT2D eigenvalue weighted by Gasteiger charge is -2.13. The molecule has 19 heavy (non-hydrogen) atoms. The van der Waals surface area contributed by atoms with Gasteiger partial charge < -0.3 is 24.7 Å². The molecule has 2 aromatic rings. The van der Waals surface area contributed by atoms with Gasteiger partial charge in [0.15, 0.2) is 0 Å². The maximum Gasteiger partial charge on any atom is 0.142 e. The van der Waals surface area contributed by atoms with Crippen molar-refractivity contribution in [2.24, 2.45) is 0 Å². The first kappa shape index (κ1) is 13.5. The summed E-state index contributed by atoms with van der Waals surface area (Å²) in [5, 5.41) is 9.71. The summed E-state index contributed by atoms with van der Waals surface area (Å²) in [7, 11) is 0. The molecular formula is C14H17NO4. The van der Waals surface area contributed by atoms with E-state index >= 15 is 0 Å². The molecule has 1 heterocycles. The zero-order valence-corrected chi connectivity index (χ0v) is 10.5. The van der Waals surface area contributed by atoms with Crippen molar-refractivity contribution in [1.82, 2.24) is 0 Å². The molecule has 0 aliphatic heterocycles. The number of nitrogen functional groups attached to an aromatic ring is 1. The van der Waals surface area contributed by atoms with Crippen molar-refractivity contribution in [3.63, 3.8) is 0 Å². The second-order valence-corrected chi connectivity index (χ2v) is 4.10. The van der Waals surface area contributed by atoms with E-state index in [4.69, 9.17) is 19.6 Å². The van der Waals surface area contributed by atoms with Gasteiger partial charge in [0.1, 0.15) is 30.8 Å². The van der Waals surface area contributed by atoms with Crippen LogP contribution in [0.15, 0.2) is 47.1 Å². The number of nitrogens with two attached hydrogens (primary N) is 1. The van der Waals surface area contributed by atoms with Gasteiger partial charge in [-0.25, -0.2) is 0 Å². The third-order valence-corrected chi connectivity index (χ3v) is 2.48. The lowest BCUT2D eigenvalue weighted by Crippen LogP contribution is -2.23. The molecule has 0 bridgehead atoms. The molecule has 1 aromatic heterocycles. The number of furan rings is 1. The molecule has 0 radical (unpaired) electrons. The van der Waals surface area contributed by atoms with Crippen LogP contribution in [-0.4, -0.2) is 24.4 Å². The molecule has 0 aliphatic rings. The fourth-order valence-corrected chi connectivity index (χ4v) is 1.54. The van der Waals surface area contributed by atoms with Crippen molar-refractivity contribution < 1.29 is 19.0 Å². The molecule has 1 aromatic carbocycles. The molecule has 0 saturated carbocycles. The minimum atomic E-state index is -0.713. The van der Waals surface area contributed by atoms with Crippen molar-refractivity contribution in [2.45, 2.75) is 12.7 Å². The number of anilines is 1. The largest absolute Gasteiger partial charge is 0.489 e. The Hall–Kier alpha value is -1.98. The highest BCUT2D eigenvalue weighted by Crippen LogP contribution is 2.19. The number of hydrogen-bond donors (Lipinski definition) is 2. The molecule has 0 amide bonds. The van der Waals surface area contributed by atoms with E-state index in [2.05, 4.69) is 0 Å². The zero-order chi connectivity index (χ0) is 13.5. The number of aliphatic hydroxyl groups excluding tert-OH is 1. The predicted molar refractivity (Wildman–Crippen MR) is 70.7 cm³/mol. The first-order valence-electron chi connectivity index (χ1n) is 6.01. The summed E-state index contributed by atoms with van der Waals surface area (Å²) in [6.07, 6.45) is 0.866. The molecule has 3 N–H and O–H groups in total. The highest BCUT2D eigenvalue weighted by Gasteiger charge is 2.07. The zero-order valence-electron chi connectivity index (χ0n) is 10.5. The number of ether oxygens (including phenoxy) is 2. The minimum Gasteiger partial charge on any atom is -0.489 e. The molecule has 0 fully saturated rings. The quantitative estimate of drug-likeness (QED) is 0.745. The molecule has 0 saturated heterocycles. The van der Waals surface area contributed by atoms with Gasteiger partial charge >= 0.3 is 0 Å². The summed E-state index contributed by atoms with van der Waals surface area (Å²) in [5.74, 6) is 1.29. The number of hydrogen-bond acceptors (Lipinski definition) is 5. The van der Waals surface area contributed by atoms with E-state index in [1.807, 2.05) is 18.2 Å². The second-order valence-electron chi connectivity index (χ2n) is 4.10. The fourth-order valence-electron chi connectivity index (χ4n) is 1.54. The average molecular weight is 263 g/mol. The SMILES string of the molecule is Nc1ccccc1OCC(O)COCc1ccco1. The summed E-state index contributed by atoms with van der Waals surface area (Å²) in [5.41, 5.74) is 6.27. The number of benzene rings is 1. The van der Waals surface area contributed by atoms with Crippen molar-refractivity contribution in [3.8, 4) is 5.75 Å². The summed E-state index contributed by atoms with van der Waals surface area (Å²) in [6, 6.07) is 10.8. The molecular weight excluding hydrogens is 246 g/mol. The predicted octanol–water partition coefficient (Wildman–Crippen LogP) is 1.82. The summed E-state index contributed by atoms with van der Waals surface area (Å²) in [6.45, 7) is 0.636. The number of rotatable bonds is 7. The van der Waals surface area contributed by atoms with Gasteiger partial charge in [0, 0.05) is 0 Å². The van der Waals surface area contributed by atoms with E-state index < -0.39 is 6.10 Å². The van der Waals surface area contributed by atoms with Crippen molar-refractivity contribution in [1.29, 1.82) is 0 Å². The van der Waals surface area contributed by atoms with E-state index in [1.165, 1.54) is 0 Å². The minimum absolute atomic E-state index is 0.131. The Bertz CT molecular complexity index is 484. The van der Waals surface area contributed by atoms with Crippen LogP contribution in [0.5, 0.6) is 5.75 Å². The molecule has 0 aliphatic carbocycles. The van der Waals surface area contributed by atoms with Crippen LogP contribution >= 0.6 is 0 Å². The molecule has 5 nitrogen and oxygen atoms in total. The van der Waals surface area contributed by atoms with E-state index in [1.54, 1.807) is 24.5 Å². The van der Waals surface area contributed by atoms with Crippen LogP contribution in [0, 0.1) is 0 Å². The van der Waals surface area contributed by atoms with E-state index in [0.29, 0.717) is 18.0 Å². The lowest BCUT2D eigenvalue weighted by molar-refractivity contribution is 0.00101. The smallest absolute Gasteiger partial charge is 0.142 e. The maximum atomic E-state index is 9.71. The van der Waals surface area contributed by atoms with E-state index in [9.17, 15) is 5.11 Å².